The lowest BCUT2D eigenvalue weighted by Crippen LogP contribution is -2.27. The van der Waals surface area contributed by atoms with Crippen molar-refractivity contribution in [1.82, 2.24) is 5.32 Å². The molecular formula is C13H17NO2. The molecule has 2 rings (SSSR count). The number of carbonyl (C=O) groups is 1. The minimum Gasteiger partial charge on any atom is -0.508 e. The molecule has 3 heteroatoms. The fourth-order valence-electron chi connectivity index (χ4n) is 1.85. The Morgan fingerprint density at radius 3 is 2.56 bits per heavy atom. The molecule has 3 nitrogen and oxygen atoms in total. The number of benzene rings is 1. The number of nitrogens with one attached hydrogen (secondary N) is 1. The highest BCUT2D eigenvalue weighted by Gasteiger charge is 2.20. The molecular weight excluding hydrogens is 202 g/mol. The lowest BCUT2D eigenvalue weighted by molar-refractivity contribution is -0.122. The molecule has 0 bridgehead atoms. The van der Waals surface area contributed by atoms with Crippen LogP contribution >= 0.6 is 0 Å². The predicted molar refractivity (Wildman–Crippen MR) is 61.9 cm³/mol. The van der Waals surface area contributed by atoms with Crippen LogP contribution in [-0.2, 0) is 11.3 Å². The number of carbonyl (C=O) groups excluding carboxylic acids is 1. The predicted octanol–water partition coefficient (Wildman–Crippen LogP) is 2.20. The van der Waals surface area contributed by atoms with E-state index in [9.17, 15) is 4.79 Å². The Hall–Kier alpha value is -1.51. The van der Waals surface area contributed by atoms with Gasteiger partial charge in [0.05, 0.1) is 0 Å². The highest BCUT2D eigenvalue weighted by Crippen LogP contribution is 2.29. The highest BCUT2D eigenvalue weighted by molar-refractivity contribution is 5.76. The van der Waals surface area contributed by atoms with Crippen LogP contribution in [0.25, 0.3) is 0 Å². The molecule has 0 heterocycles. The van der Waals surface area contributed by atoms with Crippen molar-refractivity contribution in [3.05, 3.63) is 29.8 Å². The molecule has 1 aliphatic carbocycles. The zero-order valence-corrected chi connectivity index (χ0v) is 9.28. The van der Waals surface area contributed by atoms with Crippen molar-refractivity contribution in [2.75, 3.05) is 0 Å². The van der Waals surface area contributed by atoms with E-state index in [-0.39, 0.29) is 11.7 Å². The summed E-state index contributed by atoms with van der Waals surface area (Å²) in [5, 5.41) is 12.0. The van der Waals surface area contributed by atoms with E-state index in [1.807, 2.05) is 12.1 Å². The second-order valence-corrected chi connectivity index (χ2v) is 4.44. The van der Waals surface area contributed by atoms with E-state index in [4.69, 9.17) is 5.11 Å². The van der Waals surface area contributed by atoms with Crippen LogP contribution in [0.15, 0.2) is 24.3 Å². The maximum absolute atomic E-state index is 11.5. The Morgan fingerprint density at radius 1 is 1.31 bits per heavy atom. The zero-order chi connectivity index (χ0) is 11.4. The van der Waals surface area contributed by atoms with Gasteiger partial charge >= 0.3 is 0 Å². The number of phenolic OH excluding ortho intramolecular Hbond substituents is 1. The topological polar surface area (TPSA) is 49.3 Å². The lowest BCUT2D eigenvalue weighted by atomic mass is 9.83. The Bertz CT molecular complexity index is 355. The smallest absolute Gasteiger partial charge is 0.220 e. The summed E-state index contributed by atoms with van der Waals surface area (Å²) in [4.78, 5) is 11.5. The first kappa shape index (κ1) is 11.0. The van der Waals surface area contributed by atoms with E-state index in [2.05, 4.69) is 5.32 Å². The van der Waals surface area contributed by atoms with E-state index in [1.165, 1.54) is 19.3 Å². The van der Waals surface area contributed by atoms with Crippen LogP contribution in [-0.4, -0.2) is 11.0 Å². The summed E-state index contributed by atoms with van der Waals surface area (Å²) >= 11 is 0. The molecule has 1 fully saturated rings. The summed E-state index contributed by atoms with van der Waals surface area (Å²) in [5.74, 6) is 1.00. The van der Waals surface area contributed by atoms with Crippen LogP contribution in [0.2, 0.25) is 0 Å². The van der Waals surface area contributed by atoms with Crippen LogP contribution in [0, 0.1) is 5.92 Å². The summed E-state index contributed by atoms with van der Waals surface area (Å²) in [6.07, 6.45) is 4.34. The fourth-order valence-corrected chi connectivity index (χ4v) is 1.85. The number of rotatable bonds is 4. The first-order chi connectivity index (χ1) is 7.74. The van der Waals surface area contributed by atoms with Gasteiger partial charge in [0.15, 0.2) is 0 Å². The molecule has 86 valence electrons. The summed E-state index contributed by atoms with van der Waals surface area (Å²) in [6, 6.07) is 6.90. The molecule has 1 aromatic carbocycles. The number of amides is 1. The minimum atomic E-state index is 0.137. The van der Waals surface area contributed by atoms with Crippen LogP contribution < -0.4 is 5.32 Å². The highest BCUT2D eigenvalue weighted by atomic mass is 16.3. The number of phenols is 1. The molecule has 0 radical (unpaired) electrons. The van der Waals surface area contributed by atoms with E-state index in [1.54, 1.807) is 12.1 Å². The van der Waals surface area contributed by atoms with Crippen molar-refractivity contribution < 1.29 is 9.90 Å². The first-order valence-corrected chi connectivity index (χ1v) is 5.78. The molecule has 0 saturated heterocycles. The average Bonchev–Trinajstić information content (AvgIpc) is 2.23. The molecule has 1 saturated carbocycles. The van der Waals surface area contributed by atoms with E-state index in [0.717, 1.165) is 5.56 Å². The van der Waals surface area contributed by atoms with Gasteiger partial charge < -0.3 is 10.4 Å². The largest absolute Gasteiger partial charge is 0.508 e. The van der Waals surface area contributed by atoms with Gasteiger partial charge in [-0.05, 0) is 36.5 Å². The standard InChI is InChI=1S/C13H17NO2/c15-12-6-4-11(5-7-12)9-14-13(16)8-10-2-1-3-10/h4-7,10,15H,1-3,8-9H2,(H,14,16). The van der Waals surface area contributed by atoms with E-state index >= 15 is 0 Å². The summed E-state index contributed by atoms with van der Waals surface area (Å²) in [5.41, 5.74) is 1.01. The molecule has 1 aromatic rings. The maximum atomic E-state index is 11.5. The minimum absolute atomic E-state index is 0.137. The maximum Gasteiger partial charge on any atom is 0.220 e. The van der Waals surface area contributed by atoms with Crippen LogP contribution in [0.3, 0.4) is 0 Å². The SMILES string of the molecule is O=C(CC1CCC1)NCc1ccc(O)cc1. The van der Waals surface area contributed by atoms with Gasteiger partial charge in [-0.15, -0.1) is 0 Å². The number of hydrogen-bond acceptors (Lipinski definition) is 2. The molecule has 0 aliphatic heterocycles. The zero-order valence-electron chi connectivity index (χ0n) is 9.28. The van der Waals surface area contributed by atoms with E-state index < -0.39 is 0 Å². The molecule has 0 spiro atoms. The lowest BCUT2D eigenvalue weighted by Gasteiger charge is -2.24. The molecule has 0 aromatic heterocycles. The van der Waals surface area contributed by atoms with Gasteiger partial charge in [0, 0.05) is 13.0 Å². The Kier molecular flexibility index (Phi) is 3.44. The van der Waals surface area contributed by atoms with Crippen molar-refractivity contribution in [2.24, 2.45) is 5.92 Å². The van der Waals surface area contributed by atoms with E-state index in [0.29, 0.717) is 18.9 Å². The molecule has 2 N–H and O–H groups in total. The van der Waals surface area contributed by atoms with Crippen molar-refractivity contribution >= 4 is 5.91 Å². The summed E-state index contributed by atoms with van der Waals surface area (Å²) in [7, 11) is 0. The monoisotopic (exact) mass is 219 g/mol. The number of aromatic hydroxyl groups is 1. The molecule has 0 unspecified atom stereocenters. The van der Waals surface area contributed by atoms with Gasteiger partial charge in [-0.1, -0.05) is 18.6 Å². The third-order valence-electron chi connectivity index (χ3n) is 3.12. The van der Waals surface area contributed by atoms with Gasteiger partial charge in [0.25, 0.3) is 0 Å². The molecule has 1 amide bonds. The second-order valence-electron chi connectivity index (χ2n) is 4.44. The van der Waals surface area contributed by atoms with Crippen LogP contribution in [0.4, 0.5) is 0 Å². The van der Waals surface area contributed by atoms with Crippen molar-refractivity contribution in [1.29, 1.82) is 0 Å². The van der Waals surface area contributed by atoms with Gasteiger partial charge in [-0.3, -0.25) is 4.79 Å². The van der Waals surface area contributed by atoms with Crippen molar-refractivity contribution in [3.8, 4) is 5.75 Å². The molecule has 16 heavy (non-hydrogen) atoms. The quantitative estimate of drug-likeness (QED) is 0.815. The second kappa shape index (κ2) is 5.01. The van der Waals surface area contributed by atoms with Gasteiger partial charge in [0.2, 0.25) is 5.91 Å². The van der Waals surface area contributed by atoms with Gasteiger partial charge in [-0.25, -0.2) is 0 Å². The summed E-state index contributed by atoms with van der Waals surface area (Å²) < 4.78 is 0. The average molecular weight is 219 g/mol. The summed E-state index contributed by atoms with van der Waals surface area (Å²) in [6.45, 7) is 0.547. The Balaban J connectivity index is 1.73. The molecule has 0 atom stereocenters. The fraction of sp³-hybridized carbons (Fsp3) is 0.462. The third kappa shape index (κ3) is 2.99. The third-order valence-corrected chi connectivity index (χ3v) is 3.12. The number of hydrogen-bond donors (Lipinski definition) is 2. The van der Waals surface area contributed by atoms with Crippen LogP contribution in [0.5, 0.6) is 5.75 Å². The Morgan fingerprint density at radius 2 is 2.00 bits per heavy atom. The van der Waals surface area contributed by atoms with Crippen molar-refractivity contribution in [3.63, 3.8) is 0 Å². The Labute approximate surface area is 95.5 Å². The first-order valence-electron chi connectivity index (χ1n) is 5.78. The molecule has 1 aliphatic rings. The van der Waals surface area contributed by atoms with Crippen molar-refractivity contribution in [2.45, 2.75) is 32.2 Å². The van der Waals surface area contributed by atoms with Gasteiger partial charge in [0.1, 0.15) is 5.75 Å². The van der Waals surface area contributed by atoms with Crippen LogP contribution in [0.1, 0.15) is 31.2 Å². The normalized spacial score (nSPS) is 15.5. The van der Waals surface area contributed by atoms with Gasteiger partial charge in [-0.2, -0.15) is 0 Å².